The summed E-state index contributed by atoms with van der Waals surface area (Å²) in [6.07, 6.45) is 5.16. The van der Waals surface area contributed by atoms with Crippen molar-refractivity contribution in [1.82, 2.24) is 10.2 Å². The van der Waals surface area contributed by atoms with Crippen LogP contribution in [-0.2, 0) is 0 Å². The summed E-state index contributed by atoms with van der Waals surface area (Å²) in [4.78, 5) is 8.74. The molecule has 2 aliphatic heterocycles. The maximum absolute atomic E-state index is 5.91. The molecule has 1 atom stereocenters. The smallest absolute Gasteiger partial charge is 0.108 e. The Morgan fingerprint density at radius 1 is 1.07 bits per heavy atom. The summed E-state index contributed by atoms with van der Waals surface area (Å²) in [7, 11) is 0. The molecule has 4 rings (SSSR count). The van der Waals surface area contributed by atoms with Crippen molar-refractivity contribution in [1.29, 1.82) is 0 Å². The Hall–Kier alpha value is -1.56. The number of thiocarbonyl (C=S) groups is 1. The fourth-order valence-corrected chi connectivity index (χ4v) is 5.91. The summed E-state index contributed by atoms with van der Waals surface area (Å²) in [5.41, 5.74) is 3.75. The summed E-state index contributed by atoms with van der Waals surface area (Å²) in [6.45, 7) is 10.1. The van der Waals surface area contributed by atoms with E-state index in [-0.39, 0.29) is 0 Å². The Kier molecular flexibility index (Phi) is 7.01. The van der Waals surface area contributed by atoms with Crippen LogP contribution in [0.1, 0.15) is 52.0 Å². The molecule has 160 valence electrons. The molecule has 30 heavy (non-hydrogen) atoms. The zero-order valence-electron chi connectivity index (χ0n) is 18.4. The third-order valence-electron chi connectivity index (χ3n) is 6.06. The molecule has 0 spiro atoms. The fraction of sp³-hybridized carbons (Fsp3) is 0.480. The van der Waals surface area contributed by atoms with Gasteiger partial charge in [-0.1, -0.05) is 63.0 Å². The van der Waals surface area contributed by atoms with Gasteiger partial charge in [0.15, 0.2) is 0 Å². The molecule has 0 saturated carbocycles. The zero-order chi connectivity index (χ0) is 21.1. The van der Waals surface area contributed by atoms with Gasteiger partial charge in [-0.2, -0.15) is 0 Å². The molecule has 2 aromatic rings. The van der Waals surface area contributed by atoms with Crippen molar-refractivity contribution >= 4 is 40.3 Å². The lowest BCUT2D eigenvalue weighted by molar-refractivity contribution is 0.239. The number of rotatable bonds is 7. The summed E-state index contributed by atoms with van der Waals surface area (Å²) >= 11 is 7.78. The molecular weight excluding hydrogens is 406 g/mol. The van der Waals surface area contributed by atoms with Gasteiger partial charge in [-0.05, 0) is 55.9 Å². The molecule has 0 aliphatic carbocycles. The van der Waals surface area contributed by atoms with Crippen molar-refractivity contribution in [2.24, 2.45) is 5.92 Å². The first-order valence-electron chi connectivity index (χ1n) is 11.3. The highest BCUT2D eigenvalue weighted by Gasteiger charge is 2.34. The molecule has 1 N–H and O–H groups in total. The van der Waals surface area contributed by atoms with E-state index in [0.29, 0.717) is 12.1 Å². The SMILES string of the molecule is CCC(N1CCCC1)N1c2ccccc2Sc2cccc(C(=S)NCCC(C)C)c21. The summed E-state index contributed by atoms with van der Waals surface area (Å²) in [5.74, 6) is 0.670. The topological polar surface area (TPSA) is 18.5 Å². The lowest BCUT2D eigenvalue weighted by Crippen LogP contribution is -2.46. The molecule has 3 nitrogen and oxygen atoms in total. The van der Waals surface area contributed by atoms with Gasteiger partial charge < -0.3 is 10.2 Å². The largest absolute Gasteiger partial charge is 0.376 e. The third kappa shape index (κ3) is 4.39. The summed E-state index contributed by atoms with van der Waals surface area (Å²) in [5, 5.41) is 3.53. The highest BCUT2D eigenvalue weighted by molar-refractivity contribution is 7.99. The number of nitrogens with zero attached hydrogens (tertiary/aromatic N) is 2. The Bertz CT molecular complexity index is 890. The Labute approximate surface area is 191 Å². The van der Waals surface area contributed by atoms with Crippen LogP contribution in [0.5, 0.6) is 0 Å². The third-order valence-corrected chi connectivity index (χ3v) is 7.54. The number of likely N-dealkylation sites (tertiary alicyclic amines) is 1. The van der Waals surface area contributed by atoms with Crippen molar-refractivity contribution in [3.63, 3.8) is 0 Å². The van der Waals surface area contributed by atoms with Gasteiger partial charge in [0.05, 0.1) is 17.5 Å². The van der Waals surface area contributed by atoms with Gasteiger partial charge in [-0.15, -0.1) is 0 Å². The van der Waals surface area contributed by atoms with Crippen LogP contribution in [0.4, 0.5) is 11.4 Å². The Morgan fingerprint density at radius 2 is 1.80 bits per heavy atom. The number of fused-ring (bicyclic) bond motifs is 2. The first-order chi connectivity index (χ1) is 14.6. The molecule has 0 radical (unpaired) electrons. The van der Waals surface area contributed by atoms with Gasteiger partial charge in [0, 0.05) is 35.0 Å². The average Bonchev–Trinajstić information content (AvgIpc) is 3.27. The van der Waals surface area contributed by atoms with Crippen molar-refractivity contribution in [3.8, 4) is 0 Å². The molecule has 1 saturated heterocycles. The van der Waals surface area contributed by atoms with Crippen LogP contribution in [0.15, 0.2) is 52.3 Å². The van der Waals surface area contributed by atoms with E-state index in [1.165, 1.54) is 47.1 Å². The molecule has 0 amide bonds. The van der Waals surface area contributed by atoms with E-state index in [1.807, 2.05) is 11.8 Å². The Balaban J connectivity index is 1.76. The second-order valence-electron chi connectivity index (χ2n) is 8.66. The van der Waals surface area contributed by atoms with E-state index in [9.17, 15) is 0 Å². The predicted octanol–water partition coefficient (Wildman–Crippen LogP) is 6.43. The number of nitrogens with one attached hydrogen (secondary N) is 1. The second kappa shape index (κ2) is 9.71. The number of para-hydroxylation sites is 2. The van der Waals surface area contributed by atoms with Gasteiger partial charge in [0.2, 0.25) is 0 Å². The molecule has 1 unspecified atom stereocenters. The molecule has 5 heteroatoms. The van der Waals surface area contributed by atoms with E-state index in [0.717, 1.165) is 29.9 Å². The van der Waals surface area contributed by atoms with E-state index in [1.54, 1.807) is 0 Å². The first kappa shape index (κ1) is 21.7. The molecule has 2 heterocycles. The quantitative estimate of drug-likeness (QED) is 0.499. The number of anilines is 2. The van der Waals surface area contributed by atoms with Crippen LogP contribution in [0, 0.1) is 5.92 Å². The van der Waals surface area contributed by atoms with Crippen molar-refractivity contribution in [3.05, 3.63) is 48.0 Å². The maximum atomic E-state index is 5.91. The molecule has 1 fully saturated rings. The lowest BCUT2D eigenvalue weighted by Gasteiger charge is -2.43. The van der Waals surface area contributed by atoms with E-state index in [2.05, 4.69) is 78.4 Å². The number of hydrogen-bond donors (Lipinski definition) is 1. The zero-order valence-corrected chi connectivity index (χ0v) is 20.0. The fourth-order valence-electron chi connectivity index (χ4n) is 4.54. The Morgan fingerprint density at radius 3 is 2.53 bits per heavy atom. The van der Waals surface area contributed by atoms with Crippen LogP contribution in [0.3, 0.4) is 0 Å². The summed E-state index contributed by atoms with van der Waals surface area (Å²) in [6, 6.07) is 15.4. The minimum absolute atomic E-state index is 0.355. The molecular formula is C25H33N3S2. The minimum Gasteiger partial charge on any atom is -0.376 e. The van der Waals surface area contributed by atoms with E-state index >= 15 is 0 Å². The summed E-state index contributed by atoms with van der Waals surface area (Å²) < 4.78 is 0. The van der Waals surface area contributed by atoms with Crippen LogP contribution in [0.2, 0.25) is 0 Å². The van der Waals surface area contributed by atoms with E-state index < -0.39 is 0 Å². The second-order valence-corrected chi connectivity index (χ2v) is 10.2. The first-order valence-corrected chi connectivity index (χ1v) is 12.5. The average molecular weight is 440 g/mol. The van der Waals surface area contributed by atoms with Crippen molar-refractivity contribution in [2.75, 3.05) is 24.5 Å². The molecule has 2 aliphatic rings. The monoisotopic (exact) mass is 439 g/mol. The van der Waals surface area contributed by atoms with Crippen molar-refractivity contribution < 1.29 is 0 Å². The van der Waals surface area contributed by atoms with Gasteiger partial charge in [0.25, 0.3) is 0 Å². The normalized spacial score (nSPS) is 17.0. The van der Waals surface area contributed by atoms with Gasteiger partial charge >= 0.3 is 0 Å². The van der Waals surface area contributed by atoms with Gasteiger partial charge in [-0.3, -0.25) is 4.90 Å². The molecule has 2 aromatic carbocycles. The van der Waals surface area contributed by atoms with Gasteiger partial charge in [-0.25, -0.2) is 0 Å². The van der Waals surface area contributed by atoms with Crippen molar-refractivity contribution in [2.45, 2.75) is 62.4 Å². The molecule has 0 aromatic heterocycles. The van der Waals surface area contributed by atoms with Crippen LogP contribution in [0.25, 0.3) is 0 Å². The standard InChI is InChI=1S/C25H33N3S2/c1-4-23(27-16-7-8-17-27)28-20-11-5-6-12-21(20)30-22-13-9-10-19(24(22)28)25(29)26-15-14-18(2)3/h5-6,9-13,18,23H,4,7-8,14-17H2,1-3H3,(H,26,29). The molecule has 0 bridgehead atoms. The maximum Gasteiger partial charge on any atom is 0.108 e. The lowest BCUT2D eigenvalue weighted by atomic mass is 10.1. The van der Waals surface area contributed by atoms with E-state index in [4.69, 9.17) is 12.2 Å². The number of benzene rings is 2. The van der Waals surface area contributed by atoms with Crippen LogP contribution >= 0.6 is 24.0 Å². The van der Waals surface area contributed by atoms with Gasteiger partial charge in [0.1, 0.15) is 4.99 Å². The van der Waals surface area contributed by atoms with Crippen LogP contribution < -0.4 is 10.2 Å². The highest BCUT2D eigenvalue weighted by atomic mass is 32.2. The highest BCUT2D eigenvalue weighted by Crippen LogP contribution is 2.51. The minimum atomic E-state index is 0.355. The number of hydrogen-bond acceptors (Lipinski definition) is 4. The predicted molar refractivity (Wildman–Crippen MR) is 133 cm³/mol. The van der Waals surface area contributed by atoms with Crippen LogP contribution in [-0.4, -0.2) is 35.7 Å².